The molecule has 0 fully saturated rings. The molecule has 6 heteroatoms. The summed E-state index contributed by atoms with van der Waals surface area (Å²) in [6.07, 6.45) is 0. The zero-order chi connectivity index (χ0) is 16.1. The first kappa shape index (κ1) is 17.0. The molecule has 0 heterocycles. The van der Waals surface area contributed by atoms with Crippen molar-refractivity contribution in [3.8, 4) is 0 Å². The van der Waals surface area contributed by atoms with Crippen molar-refractivity contribution >= 4 is 40.5 Å². The van der Waals surface area contributed by atoms with Crippen molar-refractivity contribution < 1.29 is 4.39 Å². The Bertz CT molecular complexity index is 662. The first-order valence-electron chi connectivity index (χ1n) is 6.63. The lowest BCUT2D eigenvalue weighted by Crippen LogP contribution is -2.36. The molecule has 22 heavy (non-hydrogen) atoms. The second-order valence-corrected chi connectivity index (χ2v) is 6.09. The highest BCUT2D eigenvalue weighted by molar-refractivity contribution is 7.80. The number of nitrogens with one attached hydrogen (secondary N) is 1. The van der Waals surface area contributed by atoms with Crippen LogP contribution >= 0.6 is 35.4 Å². The third kappa shape index (κ3) is 4.83. The molecule has 0 saturated heterocycles. The van der Waals surface area contributed by atoms with E-state index in [-0.39, 0.29) is 5.82 Å². The van der Waals surface area contributed by atoms with E-state index in [4.69, 9.17) is 35.4 Å². The van der Waals surface area contributed by atoms with Gasteiger partial charge < -0.3 is 10.2 Å². The molecule has 0 aromatic heterocycles. The van der Waals surface area contributed by atoms with Gasteiger partial charge in [0.1, 0.15) is 5.82 Å². The van der Waals surface area contributed by atoms with Crippen LogP contribution in [0.5, 0.6) is 0 Å². The summed E-state index contributed by atoms with van der Waals surface area (Å²) in [5.41, 5.74) is 1.98. The summed E-state index contributed by atoms with van der Waals surface area (Å²) in [6, 6.07) is 11.8. The summed E-state index contributed by atoms with van der Waals surface area (Å²) < 4.78 is 12.8. The summed E-state index contributed by atoms with van der Waals surface area (Å²) in [4.78, 5) is 1.90. The number of rotatable bonds is 4. The van der Waals surface area contributed by atoms with Crippen LogP contribution < -0.4 is 5.32 Å². The summed E-state index contributed by atoms with van der Waals surface area (Å²) in [5.74, 6) is -0.247. The number of benzene rings is 2. The molecule has 0 spiro atoms. The average Bonchev–Trinajstić information content (AvgIpc) is 2.50. The molecule has 2 aromatic rings. The van der Waals surface area contributed by atoms with E-state index in [9.17, 15) is 4.39 Å². The first-order valence-corrected chi connectivity index (χ1v) is 7.79. The van der Waals surface area contributed by atoms with Gasteiger partial charge in [0.25, 0.3) is 0 Å². The Morgan fingerprint density at radius 2 is 1.73 bits per heavy atom. The molecule has 0 atom stereocenters. The third-order valence-corrected chi connectivity index (χ3v) is 4.30. The molecule has 0 bridgehead atoms. The molecule has 0 amide bonds. The Kier molecular flexibility index (Phi) is 6.00. The molecule has 0 unspecified atom stereocenters. The van der Waals surface area contributed by atoms with E-state index in [2.05, 4.69) is 5.32 Å². The Morgan fingerprint density at radius 3 is 2.36 bits per heavy atom. The average molecular weight is 357 g/mol. The molecule has 116 valence electrons. The molecule has 0 radical (unpaired) electrons. The van der Waals surface area contributed by atoms with Crippen LogP contribution in [-0.2, 0) is 13.1 Å². The number of halogens is 3. The minimum atomic E-state index is -0.247. The fourth-order valence-corrected chi connectivity index (χ4v) is 2.36. The van der Waals surface area contributed by atoms with E-state index in [1.165, 1.54) is 12.1 Å². The fraction of sp³-hybridized carbons (Fsp3) is 0.188. The maximum Gasteiger partial charge on any atom is 0.169 e. The second-order valence-electron chi connectivity index (χ2n) is 4.89. The molecule has 2 nitrogen and oxygen atoms in total. The van der Waals surface area contributed by atoms with E-state index in [0.29, 0.717) is 28.2 Å². The minimum absolute atomic E-state index is 0.247. The Labute approximate surface area is 144 Å². The lowest BCUT2D eigenvalue weighted by molar-refractivity contribution is 0.489. The van der Waals surface area contributed by atoms with Gasteiger partial charge in [-0.2, -0.15) is 0 Å². The molecule has 0 aliphatic carbocycles. The smallest absolute Gasteiger partial charge is 0.169 e. The maximum atomic E-state index is 12.8. The van der Waals surface area contributed by atoms with Crippen LogP contribution in [0.1, 0.15) is 11.1 Å². The van der Waals surface area contributed by atoms with Gasteiger partial charge in [-0.05, 0) is 47.6 Å². The molecule has 0 aliphatic heterocycles. The number of thiocarbonyl (C=S) groups is 1. The lowest BCUT2D eigenvalue weighted by Gasteiger charge is -2.21. The SMILES string of the molecule is CN(Cc1ccc(Cl)c(Cl)c1)C(=S)NCc1ccc(F)cc1. The van der Waals surface area contributed by atoms with Crippen molar-refractivity contribution in [3.63, 3.8) is 0 Å². The van der Waals surface area contributed by atoms with Gasteiger partial charge in [-0.3, -0.25) is 0 Å². The van der Waals surface area contributed by atoms with E-state index in [0.717, 1.165) is 11.1 Å². The third-order valence-electron chi connectivity index (χ3n) is 3.11. The van der Waals surface area contributed by atoms with Crippen LogP contribution in [0.4, 0.5) is 4.39 Å². The number of nitrogens with zero attached hydrogens (tertiary/aromatic N) is 1. The van der Waals surface area contributed by atoms with Gasteiger partial charge in [-0.1, -0.05) is 41.4 Å². The maximum absolute atomic E-state index is 12.8. The molecule has 0 aliphatic rings. The van der Waals surface area contributed by atoms with Gasteiger partial charge >= 0.3 is 0 Å². The van der Waals surface area contributed by atoms with Crippen LogP contribution in [-0.4, -0.2) is 17.1 Å². The molecular formula is C16H15Cl2FN2S. The largest absolute Gasteiger partial charge is 0.358 e. The Balaban J connectivity index is 1.88. The van der Waals surface area contributed by atoms with E-state index in [1.54, 1.807) is 18.2 Å². The molecule has 0 saturated carbocycles. The normalized spacial score (nSPS) is 10.4. The monoisotopic (exact) mass is 356 g/mol. The molecule has 2 rings (SSSR count). The highest BCUT2D eigenvalue weighted by Crippen LogP contribution is 2.23. The minimum Gasteiger partial charge on any atom is -0.358 e. The van der Waals surface area contributed by atoms with Gasteiger partial charge in [-0.25, -0.2) is 4.39 Å². The highest BCUT2D eigenvalue weighted by Gasteiger charge is 2.07. The van der Waals surface area contributed by atoms with Crippen molar-refractivity contribution in [3.05, 3.63) is 69.5 Å². The van der Waals surface area contributed by atoms with Crippen LogP contribution in [0, 0.1) is 5.82 Å². The molecule has 2 aromatic carbocycles. The Morgan fingerprint density at radius 1 is 1.09 bits per heavy atom. The van der Waals surface area contributed by atoms with Gasteiger partial charge in [0, 0.05) is 20.1 Å². The first-order chi connectivity index (χ1) is 10.5. The Hall–Kier alpha value is -1.36. The summed E-state index contributed by atoms with van der Waals surface area (Å²) in [7, 11) is 1.89. The van der Waals surface area contributed by atoms with Crippen molar-refractivity contribution in [1.29, 1.82) is 0 Å². The van der Waals surface area contributed by atoms with Crippen molar-refractivity contribution in [2.45, 2.75) is 13.1 Å². The van der Waals surface area contributed by atoms with Gasteiger partial charge in [-0.15, -0.1) is 0 Å². The van der Waals surface area contributed by atoms with Crippen LogP contribution in [0.2, 0.25) is 10.0 Å². The van der Waals surface area contributed by atoms with E-state index in [1.807, 2.05) is 24.1 Å². The molecule has 1 N–H and O–H groups in total. The van der Waals surface area contributed by atoms with Crippen LogP contribution in [0.15, 0.2) is 42.5 Å². The van der Waals surface area contributed by atoms with Crippen molar-refractivity contribution in [2.75, 3.05) is 7.05 Å². The summed E-state index contributed by atoms with van der Waals surface area (Å²) in [5, 5.41) is 4.81. The van der Waals surface area contributed by atoms with Crippen LogP contribution in [0.3, 0.4) is 0 Å². The molecular weight excluding hydrogens is 342 g/mol. The zero-order valence-corrected chi connectivity index (χ0v) is 14.3. The number of hydrogen-bond acceptors (Lipinski definition) is 1. The highest BCUT2D eigenvalue weighted by atomic mass is 35.5. The van der Waals surface area contributed by atoms with Gasteiger partial charge in [0.2, 0.25) is 0 Å². The predicted molar refractivity (Wildman–Crippen MR) is 93.8 cm³/mol. The second kappa shape index (κ2) is 7.77. The van der Waals surface area contributed by atoms with Crippen molar-refractivity contribution in [2.24, 2.45) is 0 Å². The summed E-state index contributed by atoms with van der Waals surface area (Å²) >= 11 is 17.2. The zero-order valence-electron chi connectivity index (χ0n) is 11.9. The fourth-order valence-electron chi connectivity index (χ4n) is 1.90. The lowest BCUT2D eigenvalue weighted by atomic mass is 10.2. The van der Waals surface area contributed by atoms with Crippen LogP contribution in [0.25, 0.3) is 0 Å². The summed E-state index contributed by atoms with van der Waals surface area (Å²) in [6.45, 7) is 1.16. The topological polar surface area (TPSA) is 15.3 Å². The van der Waals surface area contributed by atoms with Gasteiger partial charge in [0.15, 0.2) is 5.11 Å². The van der Waals surface area contributed by atoms with E-state index < -0.39 is 0 Å². The quantitative estimate of drug-likeness (QED) is 0.803. The standard InChI is InChI=1S/C16H15Cl2FN2S/c1-21(10-12-4-7-14(17)15(18)8-12)16(22)20-9-11-2-5-13(19)6-3-11/h2-8H,9-10H2,1H3,(H,20,22). The van der Waals surface area contributed by atoms with E-state index >= 15 is 0 Å². The predicted octanol–water partition coefficient (Wildman–Crippen LogP) is 4.64. The van der Waals surface area contributed by atoms with Crippen molar-refractivity contribution in [1.82, 2.24) is 10.2 Å². The van der Waals surface area contributed by atoms with Gasteiger partial charge in [0.05, 0.1) is 10.0 Å². The number of hydrogen-bond donors (Lipinski definition) is 1.